The number of carbonyl (C=O) groups excluding carboxylic acids is 2. The quantitative estimate of drug-likeness (QED) is 0.811. The second kappa shape index (κ2) is 8.36. The lowest BCUT2D eigenvalue weighted by atomic mass is 10.2. The molecule has 0 aromatic heterocycles. The molecule has 0 saturated heterocycles. The van der Waals surface area contributed by atoms with Gasteiger partial charge >= 0.3 is 5.97 Å². The predicted octanol–water partition coefficient (Wildman–Crippen LogP) is 3.60. The van der Waals surface area contributed by atoms with E-state index in [4.69, 9.17) is 21.1 Å². The van der Waals surface area contributed by atoms with E-state index in [9.17, 15) is 9.59 Å². The third-order valence-electron chi connectivity index (χ3n) is 3.12. The monoisotopic (exact) mass is 347 g/mol. The van der Waals surface area contributed by atoms with E-state index >= 15 is 0 Å². The van der Waals surface area contributed by atoms with E-state index in [1.807, 2.05) is 19.1 Å². The lowest BCUT2D eigenvalue weighted by Crippen LogP contribution is -2.29. The Morgan fingerprint density at radius 1 is 1.17 bits per heavy atom. The van der Waals surface area contributed by atoms with Gasteiger partial charge in [-0.15, -0.1) is 0 Å². The Balaban J connectivity index is 1.79. The zero-order valence-corrected chi connectivity index (χ0v) is 14.2. The number of hydrogen-bond donors (Lipinski definition) is 1. The van der Waals surface area contributed by atoms with Crippen LogP contribution in [-0.2, 0) is 14.3 Å². The number of anilines is 1. The van der Waals surface area contributed by atoms with Crippen molar-refractivity contribution in [3.05, 3.63) is 59.1 Å². The van der Waals surface area contributed by atoms with Crippen LogP contribution in [0, 0.1) is 6.92 Å². The van der Waals surface area contributed by atoms with E-state index in [0.29, 0.717) is 16.5 Å². The second-order valence-electron chi connectivity index (χ2n) is 5.24. The molecule has 2 rings (SSSR count). The maximum atomic E-state index is 11.9. The molecule has 6 heteroatoms. The average molecular weight is 348 g/mol. The smallest absolute Gasteiger partial charge is 0.347 e. The van der Waals surface area contributed by atoms with E-state index in [1.165, 1.54) is 0 Å². The Morgan fingerprint density at radius 2 is 1.88 bits per heavy atom. The van der Waals surface area contributed by atoms with Gasteiger partial charge in [-0.1, -0.05) is 35.4 Å². The molecule has 0 saturated carbocycles. The van der Waals surface area contributed by atoms with Crippen molar-refractivity contribution in [3.8, 4) is 5.75 Å². The van der Waals surface area contributed by atoms with Crippen molar-refractivity contribution < 1.29 is 19.1 Å². The molecule has 0 spiro atoms. The summed E-state index contributed by atoms with van der Waals surface area (Å²) in [5.74, 6) is -0.591. The van der Waals surface area contributed by atoms with Crippen molar-refractivity contribution in [1.29, 1.82) is 0 Å². The van der Waals surface area contributed by atoms with Gasteiger partial charge in [-0.05, 0) is 44.2 Å². The molecule has 0 bridgehead atoms. The van der Waals surface area contributed by atoms with Crippen LogP contribution in [0.25, 0.3) is 0 Å². The third-order valence-corrected chi connectivity index (χ3v) is 3.36. The number of halogens is 1. The van der Waals surface area contributed by atoms with Crippen LogP contribution in [0.3, 0.4) is 0 Å². The average Bonchev–Trinajstić information content (AvgIpc) is 2.54. The summed E-state index contributed by atoms with van der Waals surface area (Å²) in [5, 5.41) is 3.15. The minimum Gasteiger partial charge on any atom is -0.479 e. The SMILES string of the molecule is Cc1ccc(NC(=O)COC(=O)C(C)Oc2cccc(Cl)c2)cc1. The van der Waals surface area contributed by atoms with Crippen LogP contribution in [0.1, 0.15) is 12.5 Å². The Morgan fingerprint density at radius 3 is 2.54 bits per heavy atom. The highest BCUT2D eigenvalue weighted by Gasteiger charge is 2.18. The minimum atomic E-state index is -0.851. The first-order chi connectivity index (χ1) is 11.4. The van der Waals surface area contributed by atoms with Gasteiger partial charge in [0.2, 0.25) is 0 Å². The minimum absolute atomic E-state index is 0.379. The number of amides is 1. The van der Waals surface area contributed by atoms with Gasteiger partial charge in [0.15, 0.2) is 12.7 Å². The van der Waals surface area contributed by atoms with E-state index in [1.54, 1.807) is 43.3 Å². The molecule has 1 atom stereocenters. The van der Waals surface area contributed by atoms with Crippen LogP contribution in [-0.4, -0.2) is 24.6 Å². The number of aryl methyl sites for hydroxylation is 1. The molecule has 1 N–H and O–H groups in total. The number of nitrogens with one attached hydrogen (secondary N) is 1. The molecule has 1 amide bonds. The Bertz CT molecular complexity index is 715. The molecule has 0 radical (unpaired) electrons. The number of carbonyl (C=O) groups is 2. The topological polar surface area (TPSA) is 64.6 Å². The van der Waals surface area contributed by atoms with Crippen molar-refractivity contribution >= 4 is 29.2 Å². The number of rotatable bonds is 6. The predicted molar refractivity (Wildman–Crippen MR) is 92.3 cm³/mol. The highest BCUT2D eigenvalue weighted by Crippen LogP contribution is 2.18. The van der Waals surface area contributed by atoms with Gasteiger partial charge in [-0.3, -0.25) is 4.79 Å². The molecule has 0 fully saturated rings. The first-order valence-electron chi connectivity index (χ1n) is 7.39. The molecule has 1 unspecified atom stereocenters. The standard InChI is InChI=1S/C18H18ClNO4/c1-12-6-8-15(9-7-12)20-17(21)11-23-18(22)13(2)24-16-5-3-4-14(19)10-16/h3-10,13H,11H2,1-2H3,(H,20,21). The summed E-state index contributed by atoms with van der Waals surface area (Å²) in [6, 6.07) is 14.0. The van der Waals surface area contributed by atoms with Crippen LogP contribution < -0.4 is 10.1 Å². The number of benzene rings is 2. The summed E-state index contributed by atoms with van der Waals surface area (Å²) in [6.45, 7) is 3.12. The molecule has 0 aliphatic carbocycles. The van der Waals surface area contributed by atoms with Crippen LogP contribution in [0.4, 0.5) is 5.69 Å². The molecule has 0 aliphatic rings. The van der Waals surface area contributed by atoms with E-state index in [-0.39, 0.29) is 6.61 Å². The summed E-state index contributed by atoms with van der Waals surface area (Å²) in [5.41, 5.74) is 1.73. The summed E-state index contributed by atoms with van der Waals surface area (Å²) >= 11 is 5.85. The fourth-order valence-electron chi connectivity index (χ4n) is 1.88. The summed E-state index contributed by atoms with van der Waals surface area (Å²) in [6.07, 6.45) is -0.851. The summed E-state index contributed by atoms with van der Waals surface area (Å²) in [4.78, 5) is 23.7. The maximum absolute atomic E-state index is 11.9. The highest BCUT2D eigenvalue weighted by atomic mass is 35.5. The van der Waals surface area contributed by atoms with Crippen LogP contribution in [0.5, 0.6) is 5.75 Å². The van der Waals surface area contributed by atoms with Crippen molar-refractivity contribution in [3.63, 3.8) is 0 Å². The molecule has 0 aliphatic heterocycles. The normalized spacial score (nSPS) is 11.5. The number of esters is 1. The van der Waals surface area contributed by atoms with E-state index in [0.717, 1.165) is 5.56 Å². The van der Waals surface area contributed by atoms with Crippen molar-refractivity contribution in [2.24, 2.45) is 0 Å². The van der Waals surface area contributed by atoms with Gasteiger partial charge in [-0.2, -0.15) is 0 Å². The molecule has 5 nitrogen and oxygen atoms in total. The molecule has 126 valence electrons. The molecule has 2 aromatic rings. The van der Waals surface area contributed by atoms with Gasteiger partial charge in [0, 0.05) is 10.7 Å². The Labute approximate surface area is 145 Å². The first-order valence-corrected chi connectivity index (χ1v) is 7.77. The van der Waals surface area contributed by atoms with Gasteiger partial charge in [-0.25, -0.2) is 4.79 Å². The Hall–Kier alpha value is -2.53. The fourth-order valence-corrected chi connectivity index (χ4v) is 2.06. The van der Waals surface area contributed by atoms with Crippen LogP contribution >= 0.6 is 11.6 Å². The number of ether oxygens (including phenoxy) is 2. The molecule has 2 aromatic carbocycles. The lowest BCUT2D eigenvalue weighted by molar-refractivity contribution is -0.153. The zero-order valence-electron chi connectivity index (χ0n) is 13.4. The van der Waals surface area contributed by atoms with E-state index in [2.05, 4.69) is 5.32 Å². The first kappa shape index (κ1) is 17.8. The fraction of sp³-hybridized carbons (Fsp3) is 0.222. The summed E-state index contributed by atoms with van der Waals surface area (Å²) in [7, 11) is 0. The van der Waals surface area contributed by atoms with Crippen molar-refractivity contribution in [1.82, 2.24) is 0 Å². The van der Waals surface area contributed by atoms with Gasteiger partial charge in [0.1, 0.15) is 5.75 Å². The molecular formula is C18H18ClNO4. The summed E-state index contributed by atoms with van der Waals surface area (Å²) < 4.78 is 10.4. The van der Waals surface area contributed by atoms with Crippen LogP contribution in [0.15, 0.2) is 48.5 Å². The molecule has 0 heterocycles. The van der Waals surface area contributed by atoms with Gasteiger partial charge in [0.25, 0.3) is 5.91 Å². The van der Waals surface area contributed by atoms with Gasteiger partial charge < -0.3 is 14.8 Å². The molecule has 24 heavy (non-hydrogen) atoms. The van der Waals surface area contributed by atoms with E-state index < -0.39 is 18.0 Å². The maximum Gasteiger partial charge on any atom is 0.347 e. The van der Waals surface area contributed by atoms with Gasteiger partial charge in [0.05, 0.1) is 0 Å². The second-order valence-corrected chi connectivity index (χ2v) is 5.68. The third kappa shape index (κ3) is 5.59. The van der Waals surface area contributed by atoms with Crippen LogP contribution in [0.2, 0.25) is 5.02 Å². The highest BCUT2D eigenvalue weighted by molar-refractivity contribution is 6.30. The lowest BCUT2D eigenvalue weighted by Gasteiger charge is -2.14. The number of hydrogen-bond acceptors (Lipinski definition) is 4. The van der Waals surface area contributed by atoms with Crippen molar-refractivity contribution in [2.45, 2.75) is 20.0 Å². The molecular weight excluding hydrogens is 330 g/mol. The Kier molecular flexibility index (Phi) is 6.21. The largest absolute Gasteiger partial charge is 0.479 e. The zero-order chi connectivity index (χ0) is 17.5. The van der Waals surface area contributed by atoms with Crippen molar-refractivity contribution in [2.75, 3.05) is 11.9 Å².